The van der Waals surface area contributed by atoms with E-state index in [0.717, 1.165) is 77.6 Å². The first kappa shape index (κ1) is 59.7. The number of likely N-dealkylation sites (N-methyl/N-ethyl adjacent to an activating group) is 2. The van der Waals surface area contributed by atoms with Crippen LogP contribution in [0.4, 0.5) is 5.69 Å². The summed E-state index contributed by atoms with van der Waals surface area (Å²) in [5.41, 5.74) is 8.85. The second kappa shape index (κ2) is 26.6. The van der Waals surface area contributed by atoms with Gasteiger partial charge in [-0.1, -0.05) is 118 Å². The summed E-state index contributed by atoms with van der Waals surface area (Å²) in [6.45, 7) is 9.83. The molecule has 1 fully saturated rings. The lowest BCUT2D eigenvalue weighted by atomic mass is 9.85. The summed E-state index contributed by atoms with van der Waals surface area (Å²) in [6, 6.07) is 33.5. The fourth-order valence-corrected chi connectivity index (χ4v) is 12.0. The number of hydrogen-bond acceptors (Lipinski definition) is 10. The van der Waals surface area contributed by atoms with Crippen molar-refractivity contribution in [3.05, 3.63) is 171 Å². The first-order valence-electron chi connectivity index (χ1n) is 29.5. The van der Waals surface area contributed by atoms with Crippen molar-refractivity contribution in [2.75, 3.05) is 26.0 Å². The van der Waals surface area contributed by atoms with Gasteiger partial charge >= 0.3 is 0 Å². The van der Waals surface area contributed by atoms with Gasteiger partial charge in [0.1, 0.15) is 24.2 Å². The summed E-state index contributed by atoms with van der Waals surface area (Å²) in [4.78, 5) is 102. The van der Waals surface area contributed by atoms with Crippen LogP contribution in [0.2, 0.25) is 0 Å². The highest BCUT2D eigenvalue weighted by atomic mass is 16.2. The van der Waals surface area contributed by atoms with Gasteiger partial charge in [-0.05, 0) is 147 Å². The van der Waals surface area contributed by atoms with Gasteiger partial charge in [0.15, 0.2) is 0 Å². The second-order valence-corrected chi connectivity index (χ2v) is 24.0. The Morgan fingerprint density at radius 1 is 0.578 bits per heavy atom. The molecular weight excluding hydrogens is 1040 g/mol. The van der Waals surface area contributed by atoms with Crippen LogP contribution < -0.4 is 42.5 Å². The fourth-order valence-electron chi connectivity index (χ4n) is 12.0. The molecule has 5 aromatic carbocycles. The molecule has 2 heterocycles. The zero-order chi connectivity index (χ0) is 59.0. The molecule has 0 aromatic heterocycles. The van der Waals surface area contributed by atoms with Crippen molar-refractivity contribution in [1.82, 2.24) is 47.0 Å². The molecule has 0 radical (unpaired) electrons. The number of hydrogen-bond donors (Lipinski definition) is 8. The Kier molecular flexibility index (Phi) is 19.1. The first-order chi connectivity index (χ1) is 39.9. The van der Waals surface area contributed by atoms with Crippen LogP contribution in [0.25, 0.3) is 0 Å². The van der Waals surface area contributed by atoms with Gasteiger partial charge in [0, 0.05) is 49.8 Å². The highest BCUT2D eigenvalue weighted by Gasteiger charge is 2.46. The number of nitrogens with one attached hydrogen (secondary N) is 8. The molecule has 7 unspecified atom stereocenters. The molecule has 9 rings (SSSR count). The van der Waals surface area contributed by atoms with Crippen LogP contribution in [0.5, 0.6) is 0 Å². The quantitative estimate of drug-likeness (QED) is 0.0474. The van der Waals surface area contributed by atoms with Crippen LogP contribution in [-0.4, -0.2) is 114 Å². The Hall–Kier alpha value is -7.89. The average Bonchev–Trinajstić information content (AvgIpc) is 3.99. The molecule has 7 amide bonds. The van der Waals surface area contributed by atoms with Crippen LogP contribution in [0.15, 0.2) is 121 Å². The largest absolute Gasteiger partial charge is 0.381 e. The number of benzene rings is 5. The Bertz CT molecular complexity index is 3160. The van der Waals surface area contributed by atoms with Gasteiger partial charge in [-0.15, -0.1) is 0 Å². The molecular formula is C66H82N10O7. The standard InChI is InChI=1S/C66H82N10O7/c1-40(67-6)59(77)73-55(64(82)75-38-48-19-9-8-18-47(48)35-56(75)62(80)71-53-24-14-20-44-16-10-12-22-51(44)53)34-42-28-32-49(33-29-42)69-37-43-26-30-46(31-27-43)61(79)70-50-36-57(63(81)72-54-25-15-21-45-17-11-13-23-52(45)54)76(39-50)65(83)58(66(3,4)5)74-60(78)41(2)68-7/h8-13,16-19,22-23,26-33,40-41,50,53-58,67-69H,14-15,20-21,24-25,34-39H2,1-7H3,(H,70,79)(H,71,80)(H,72,81)(H,73,77)(H,74,78)/t40-,41-,50?,53?,54?,55?,56?,57?,58?/m0/s1. The molecule has 83 heavy (non-hydrogen) atoms. The number of amides is 7. The van der Waals surface area contributed by atoms with E-state index >= 15 is 0 Å². The van der Waals surface area contributed by atoms with Crippen molar-refractivity contribution in [2.24, 2.45) is 5.41 Å². The molecule has 0 saturated carbocycles. The van der Waals surface area contributed by atoms with Gasteiger partial charge in [0.2, 0.25) is 35.4 Å². The number of rotatable bonds is 19. The summed E-state index contributed by atoms with van der Waals surface area (Å²) in [5.74, 6) is -2.24. The number of carbonyl (C=O) groups excluding carboxylic acids is 7. The first-order valence-corrected chi connectivity index (χ1v) is 29.5. The minimum absolute atomic E-state index is 0.0824. The summed E-state index contributed by atoms with van der Waals surface area (Å²) in [5, 5.41) is 25.0. The zero-order valence-corrected chi connectivity index (χ0v) is 49.0. The lowest BCUT2D eigenvalue weighted by Gasteiger charge is -2.39. The van der Waals surface area contributed by atoms with Crippen LogP contribution in [0.1, 0.15) is 134 Å². The van der Waals surface area contributed by atoms with Gasteiger partial charge in [0.25, 0.3) is 5.91 Å². The highest BCUT2D eigenvalue weighted by molar-refractivity contribution is 5.97. The number of aryl methyl sites for hydroxylation is 2. The molecule has 0 spiro atoms. The second-order valence-electron chi connectivity index (χ2n) is 24.0. The van der Waals surface area contributed by atoms with Crippen LogP contribution in [0, 0.1) is 5.41 Å². The minimum Gasteiger partial charge on any atom is -0.381 e. The molecule has 2 aliphatic heterocycles. The Morgan fingerprint density at radius 2 is 1.11 bits per heavy atom. The number of fused-ring (bicyclic) bond motifs is 3. The van der Waals surface area contributed by atoms with E-state index in [1.807, 2.05) is 112 Å². The van der Waals surface area contributed by atoms with E-state index in [9.17, 15) is 33.6 Å². The maximum atomic E-state index is 14.9. The number of likely N-dealkylation sites (tertiary alicyclic amines) is 1. The van der Waals surface area contributed by atoms with Gasteiger partial charge in [0.05, 0.1) is 24.2 Å². The van der Waals surface area contributed by atoms with Crippen LogP contribution >= 0.6 is 0 Å². The van der Waals surface area contributed by atoms with Gasteiger partial charge in [-0.3, -0.25) is 33.6 Å². The zero-order valence-electron chi connectivity index (χ0n) is 49.0. The van der Waals surface area contributed by atoms with Crippen LogP contribution in [-0.2, 0) is 67.5 Å². The summed E-state index contributed by atoms with van der Waals surface area (Å²) in [6.07, 6.45) is 6.08. The average molecular weight is 1130 g/mol. The lowest BCUT2D eigenvalue weighted by molar-refractivity contribution is -0.145. The maximum Gasteiger partial charge on any atom is 0.251 e. The SMILES string of the molecule is CN[C@@H](C)C(=O)NC(Cc1ccc(NCc2ccc(C(=O)NC3CC(C(=O)NC4CCCc5ccccc54)N(C(=O)C(NC(=O)[C@H](C)NC)C(C)(C)C)C3)cc2)cc1)C(=O)N1Cc2ccccc2CC1C(=O)NC1CCCc2ccccc21. The van der Waals surface area contributed by atoms with Crippen molar-refractivity contribution >= 4 is 47.0 Å². The van der Waals surface area contributed by atoms with Crippen molar-refractivity contribution in [2.45, 2.75) is 160 Å². The third-order valence-electron chi connectivity index (χ3n) is 17.2. The number of nitrogens with zero attached hydrogens (tertiary/aromatic N) is 2. The van der Waals surface area contributed by atoms with Gasteiger partial charge in [-0.25, -0.2) is 0 Å². The maximum absolute atomic E-state index is 14.9. The molecule has 17 heteroatoms. The van der Waals surface area contributed by atoms with E-state index in [4.69, 9.17) is 0 Å². The minimum atomic E-state index is -0.961. The highest BCUT2D eigenvalue weighted by Crippen LogP contribution is 2.34. The Labute approximate surface area is 488 Å². The Balaban J connectivity index is 0.844. The van der Waals surface area contributed by atoms with E-state index < -0.39 is 47.7 Å². The van der Waals surface area contributed by atoms with Crippen molar-refractivity contribution in [3.63, 3.8) is 0 Å². The summed E-state index contributed by atoms with van der Waals surface area (Å²) < 4.78 is 0. The lowest BCUT2D eigenvalue weighted by Crippen LogP contribution is -2.59. The normalized spacial score (nSPS) is 20.6. The van der Waals surface area contributed by atoms with Crippen LogP contribution in [0.3, 0.4) is 0 Å². The number of carbonyl (C=O) groups is 7. The molecule has 8 N–H and O–H groups in total. The van der Waals surface area contributed by atoms with E-state index in [2.05, 4.69) is 60.7 Å². The molecule has 4 aliphatic rings. The molecule has 17 nitrogen and oxygen atoms in total. The van der Waals surface area contributed by atoms with E-state index in [0.29, 0.717) is 18.5 Å². The van der Waals surface area contributed by atoms with E-state index in [-0.39, 0.29) is 79.4 Å². The molecule has 438 valence electrons. The van der Waals surface area contributed by atoms with Gasteiger partial charge < -0.3 is 52.3 Å². The van der Waals surface area contributed by atoms with Crippen molar-refractivity contribution in [3.8, 4) is 0 Å². The predicted molar refractivity (Wildman–Crippen MR) is 321 cm³/mol. The smallest absolute Gasteiger partial charge is 0.251 e. The molecule has 2 aliphatic carbocycles. The number of anilines is 1. The predicted octanol–water partition coefficient (Wildman–Crippen LogP) is 6.11. The fraction of sp³-hybridized carbons (Fsp3) is 0.439. The van der Waals surface area contributed by atoms with E-state index in [1.165, 1.54) is 16.0 Å². The molecule has 5 aromatic rings. The summed E-state index contributed by atoms with van der Waals surface area (Å²) in [7, 11) is 3.36. The topological polar surface area (TPSA) is 222 Å². The van der Waals surface area contributed by atoms with Crippen molar-refractivity contribution in [1.29, 1.82) is 0 Å². The third-order valence-corrected chi connectivity index (χ3v) is 17.2. The van der Waals surface area contributed by atoms with Crippen molar-refractivity contribution < 1.29 is 33.6 Å². The third kappa shape index (κ3) is 14.3. The molecule has 0 bridgehead atoms. The monoisotopic (exact) mass is 1130 g/mol. The molecule has 1 saturated heterocycles. The van der Waals surface area contributed by atoms with Gasteiger partial charge in [-0.2, -0.15) is 0 Å². The Morgan fingerprint density at radius 3 is 1.69 bits per heavy atom. The molecule has 9 atom stereocenters. The van der Waals surface area contributed by atoms with E-state index in [1.54, 1.807) is 45.0 Å². The summed E-state index contributed by atoms with van der Waals surface area (Å²) >= 11 is 0.